The van der Waals surface area contributed by atoms with Crippen LogP contribution in [0.3, 0.4) is 0 Å². The van der Waals surface area contributed by atoms with Crippen molar-refractivity contribution in [3.63, 3.8) is 0 Å². The van der Waals surface area contributed by atoms with Gasteiger partial charge in [-0.25, -0.2) is 0 Å². The molecule has 0 spiro atoms. The number of ether oxygens (including phenoxy) is 2. The maximum Gasteiger partial charge on any atom is 0.573 e. The van der Waals surface area contributed by atoms with Crippen LogP contribution < -0.4 is 10.2 Å². The molecule has 0 bridgehead atoms. The van der Waals surface area contributed by atoms with E-state index in [2.05, 4.69) is 24.1 Å². The van der Waals surface area contributed by atoms with Crippen LogP contribution in [-0.2, 0) is 9.57 Å². The van der Waals surface area contributed by atoms with Crippen LogP contribution in [-0.4, -0.2) is 12.5 Å². The Morgan fingerprint density at radius 1 is 1.18 bits per heavy atom. The molecule has 4 unspecified atom stereocenters. The Balaban J connectivity index is 1.64. The summed E-state index contributed by atoms with van der Waals surface area (Å²) in [6.07, 6.45) is 0.408. The third-order valence-corrected chi connectivity index (χ3v) is 5.86. The lowest BCUT2D eigenvalue weighted by atomic mass is 10.0. The molecule has 3 aliphatic rings. The molecule has 1 aliphatic heterocycles. The standard InChI is InChI=1S/C21H26F3NO3/c1-3-13-10-12(2)11-17(13)26-20-18(25-28-19(20)14-8-9-14)15-6-4-5-7-16(15)27-21(22,23)24/h4-7,12-14,17-18,25H,3,8-11H2,1-2H3. The van der Waals surface area contributed by atoms with E-state index in [-0.39, 0.29) is 17.8 Å². The summed E-state index contributed by atoms with van der Waals surface area (Å²) in [5.41, 5.74) is 3.26. The van der Waals surface area contributed by atoms with Crippen molar-refractivity contribution in [2.75, 3.05) is 0 Å². The van der Waals surface area contributed by atoms with Crippen LogP contribution in [0.2, 0.25) is 0 Å². The van der Waals surface area contributed by atoms with Crippen LogP contribution in [0.5, 0.6) is 5.75 Å². The molecule has 1 aromatic carbocycles. The molecule has 2 fully saturated rings. The fourth-order valence-electron chi connectivity index (χ4n) is 4.36. The quantitative estimate of drug-likeness (QED) is 0.676. The van der Waals surface area contributed by atoms with Gasteiger partial charge in [-0.1, -0.05) is 32.0 Å². The highest BCUT2D eigenvalue weighted by atomic mass is 19.4. The van der Waals surface area contributed by atoms with Crippen molar-refractivity contribution in [2.45, 2.75) is 64.5 Å². The van der Waals surface area contributed by atoms with Crippen molar-refractivity contribution in [1.29, 1.82) is 0 Å². The molecule has 4 atom stereocenters. The SMILES string of the molecule is CCC1CC(C)CC1OC1=C(C2CC2)ONC1c1ccccc1OC(F)(F)F. The van der Waals surface area contributed by atoms with Crippen LogP contribution in [0.15, 0.2) is 35.8 Å². The van der Waals surface area contributed by atoms with E-state index in [1.54, 1.807) is 12.1 Å². The van der Waals surface area contributed by atoms with Crippen molar-refractivity contribution in [3.8, 4) is 5.75 Å². The van der Waals surface area contributed by atoms with Gasteiger partial charge in [0.1, 0.15) is 17.9 Å². The first kappa shape index (κ1) is 19.4. The topological polar surface area (TPSA) is 39.7 Å². The second-order valence-corrected chi connectivity index (χ2v) is 8.14. The minimum absolute atomic E-state index is 0.0606. The van der Waals surface area contributed by atoms with E-state index in [1.807, 2.05) is 0 Å². The van der Waals surface area contributed by atoms with Crippen molar-refractivity contribution in [2.24, 2.45) is 17.8 Å². The third-order valence-electron chi connectivity index (χ3n) is 5.86. The first-order chi connectivity index (χ1) is 13.4. The lowest BCUT2D eigenvalue weighted by Gasteiger charge is -2.24. The number of nitrogens with one attached hydrogen (secondary N) is 1. The number of alkyl halides is 3. The molecule has 4 nitrogen and oxygen atoms in total. The second-order valence-electron chi connectivity index (χ2n) is 8.14. The fraction of sp³-hybridized carbons (Fsp3) is 0.619. The molecule has 0 amide bonds. The Bertz CT molecular complexity index is 745. The molecule has 154 valence electrons. The highest BCUT2D eigenvalue weighted by Gasteiger charge is 2.44. The molecular formula is C21H26F3NO3. The maximum atomic E-state index is 12.9. The zero-order valence-corrected chi connectivity index (χ0v) is 16.1. The smallest absolute Gasteiger partial charge is 0.489 e. The lowest BCUT2D eigenvalue weighted by molar-refractivity contribution is -0.275. The number of halogens is 3. The Kier molecular flexibility index (Phi) is 5.21. The molecule has 0 aromatic heterocycles. The van der Waals surface area contributed by atoms with Crippen molar-refractivity contribution >= 4 is 0 Å². The van der Waals surface area contributed by atoms with Gasteiger partial charge in [0.05, 0.1) is 0 Å². The predicted molar refractivity (Wildman–Crippen MR) is 96.9 cm³/mol. The van der Waals surface area contributed by atoms with Gasteiger partial charge in [0.2, 0.25) is 0 Å². The zero-order valence-electron chi connectivity index (χ0n) is 16.1. The van der Waals surface area contributed by atoms with Gasteiger partial charge in [-0.2, -0.15) is 0 Å². The molecule has 0 radical (unpaired) electrons. The molecule has 4 rings (SSSR count). The van der Waals surface area contributed by atoms with Crippen LogP contribution in [0, 0.1) is 17.8 Å². The molecular weight excluding hydrogens is 371 g/mol. The van der Waals surface area contributed by atoms with E-state index >= 15 is 0 Å². The summed E-state index contributed by atoms with van der Waals surface area (Å²) in [6.45, 7) is 4.37. The summed E-state index contributed by atoms with van der Waals surface area (Å²) in [7, 11) is 0. The average Bonchev–Trinajstić information content (AvgIpc) is 3.29. The number of rotatable bonds is 6. The Morgan fingerprint density at radius 2 is 1.93 bits per heavy atom. The highest BCUT2D eigenvalue weighted by molar-refractivity contribution is 5.41. The number of hydroxylamine groups is 1. The normalized spacial score (nSPS) is 30.5. The first-order valence-corrected chi connectivity index (χ1v) is 10.0. The van der Waals surface area contributed by atoms with Gasteiger partial charge in [0.15, 0.2) is 11.5 Å². The van der Waals surface area contributed by atoms with Gasteiger partial charge in [0, 0.05) is 11.5 Å². The van der Waals surface area contributed by atoms with Gasteiger partial charge in [-0.15, -0.1) is 18.7 Å². The maximum absolute atomic E-state index is 12.9. The summed E-state index contributed by atoms with van der Waals surface area (Å²) in [5.74, 6) is 2.43. The summed E-state index contributed by atoms with van der Waals surface area (Å²) >= 11 is 0. The van der Waals surface area contributed by atoms with E-state index in [1.165, 1.54) is 12.1 Å². The first-order valence-electron chi connectivity index (χ1n) is 10.0. The summed E-state index contributed by atoms with van der Waals surface area (Å²) in [5, 5.41) is 0. The predicted octanol–water partition coefficient (Wildman–Crippen LogP) is 5.62. The number of hydrogen-bond donors (Lipinski definition) is 1. The van der Waals surface area contributed by atoms with E-state index in [0.717, 1.165) is 37.9 Å². The van der Waals surface area contributed by atoms with Gasteiger partial charge >= 0.3 is 6.36 Å². The third kappa shape index (κ3) is 4.09. The Labute approximate surface area is 163 Å². The summed E-state index contributed by atoms with van der Waals surface area (Å²) in [4.78, 5) is 5.72. The van der Waals surface area contributed by atoms with Crippen LogP contribution in [0.25, 0.3) is 0 Å². The fourth-order valence-corrected chi connectivity index (χ4v) is 4.36. The minimum Gasteiger partial charge on any atom is -0.489 e. The second kappa shape index (κ2) is 7.50. The van der Waals surface area contributed by atoms with Crippen molar-refractivity contribution in [1.82, 2.24) is 5.48 Å². The highest BCUT2D eigenvalue weighted by Crippen LogP contribution is 2.48. The average molecular weight is 397 g/mol. The molecule has 1 heterocycles. The molecule has 7 heteroatoms. The molecule has 0 saturated heterocycles. The van der Waals surface area contributed by atoms with Gasteiger partial charge in [-0.05, 0) is 50.0 Å². The number of benzene rings is 1. The van der Waals surface area contributed by atoms with Gasteiger partial charge < -0.3 is 14.3 Å². The van der Waals surface area contributed by atoms with E-state index < -0.39 is 12.4 Å². The molecule has 28 heavy (non-hydrogen) atoms. The molecule has 2 saturated carbocycles. The molecule has 1 aromatic rings. The lowest BCUT2D eigenvalue weighted by Crippen LogP contribution is -2.24. The van der Waals surface area contributed by atoms with E-state index in [0.29, 0.717) is 23.2 Å². The number of hydrogen-bond acceptors (Lipinski definition) is 4. The van der Waals surface area contributed by atoms with Crippen LogP contribution in [0.1, 0.15) is 57.6 Å². The van der Waals surface area contributed by atoms with Crippen LogP contribution >= 0.6 is 0 Å². The van der Waals surface area contributed by atoms with Crippen LogP contribution in [0.4, 0.5) is 13.2 Å². The monoisotopic (exact) mass is 397 g/mol. The molecule has 2 aliphatic carbocycles. The molecule has 1 N–H and O–H groups in total. The summed E-state index contributed by atoms with van der Waals surface area (Å²) in [6, 6.07) is 5.56. The van der Waals surface area contributed by atoms with Gasteiger partial charge in [0.25, 0.3) is 0 Å². The minimum atomic E-state index is -4.76. The number of para-hydroxylation sites is 1. The van der Waals surface area contributed by atoms with Gasteiger partial charge in [-0.3, -0.25) is 0 Å². The van der Waals surface area contributed by atoms with Crippen molar-refractivity contribution < 1.29 is 27.5 Å². The Hall–Kier alpha value is -1.89. The zero-order chi connectivity index (χ0) is 19.9. The number of allylic oxidation sites excluding steroid dienone is 1. The summed E-state index contributed by atoms with van der Waals surface area (Å²) < 4.78 is 49.3. The van der Waals surface area contributed by atoms with Crippen molar-refractivity contribution in [3.05, 3.63) is 41.3 Å². The largest absolute Gasteiger partial charge is 0.573 e. The van der Waals surface area contributed by atoms with E-state index in [9.17, 15) is 13.2 Å². The van der Waals surface area contributed by atoms with E-state index in [4.69, 9.17) is 9.57 Å². The Morgan fingerprint density at radius 3 is 2.61 bits per heavy atom.